The number of hydrogen-bond donors (Lipinski definition) is 2. The first-order chi connectivity index (χ1) is 9.18. The third kappa shape index (κ3) is 2.59. The molecule has 0 spiro atoms. The molecule has 1 fully saturated rings. The zero-order valence-corrected chi connectivity index (χ0v) is 12.5. The summed E-state index contributed by atoms with van der Waals surface area (Å²) in [6.07, 6.45) is -0.824. The Kier molecular flexibility index (Phi) is 3.91. The standard InChI is InChI=1S/C16H23F2NO/c1-15(2)14(16(15,3)4)9-19-8-13(20)10-5-6-11(17)12(18)7-10/h5-7,13-14,19-20H,8-9H2,1-4H3. The molecule has 0 radical (unpaired) electrons. The maximum Gasteiger partial charge on any atom is 0.159 e. The first kappa shape index (κ1) is 15.4. The van der Waals surface area contributed by atoms with E-state index in [0.29, 0.717) is 28.9 Å². The molecule has 1 unspecified atom stereocenters. The van der Waals surface area contributed by atoms with Crippen LogP contribution in [0.25, 0.3) is 0 Å². The van der Waals surface area contributed by atoms with Gasteiger partial charge in [-0.3, -0.25) is 0 Å². The van der Waals surface area contributed by atoms with Crippen molar-refractivity contribution in [1.29, 1.82) is 0 Å². The molecule has 112 valence electrons. The molecular weight excluding hydrogens is 260 g/mol. The van der Waals surface area contributed by atoms with Crippen LogP contribution in [-0.4, -0.2) is 18.2 Å². The van der Waals surface area contributed by atoms with Gasteiger partial charge < -0.3 is 10.4 Å². The van der Waals surface area contributed by atoms with Crippen molar-refractivity contribution in [2.45, 2.75) is 33.8 Å². The van der Waals surface area contributed by atoms with Gasteiger partial charge in [-0.15, -0.1) is 0 Å². The molecule has 20 heavy (non-hydrogen) atoms. The Balaban J connectivity index is 1.84. The fourth-order valence-electron chi connectivity index (χ4n) is 3.05. The van der Waals surface area contributed by atoms with E-state index in [1.54, 1.807) is 0 Å². The van der Waals surface area contributed by atoms with Crippen LogP contribution in [0.15, 0.2) is 18.2 Å². The van der Waals surface area contributed by atoms with Gasteiger partial charge in [0.25, 0.3) is 0 Å². The summed E-state index contributed by atoms with van der Waals surface area (Å²) in [5.74, 6) is -1.26. The SMILES string of the molecule is CC1(C)C(CNCC(O)c2ccc(F)c(F)c2)C1(C)C. The van der Waals surface area contributed by atoms with E-state index in [2.05, 4.69) is 33.0 Å². The van der Waals surface area contributed by atoms with Crippen molar-refractivity contribution in [3.05, 3.63) is 35.4 Å². The summed E-state index contributed by atoms with van der Waals surface area (Å²) in [5, 5.41) is 13.2. The van der Waals surface area contributed by atoms with Crippen LogP contribution < -0.4 is 5.32 Å². The second kappa shape index (κ2) is 5.08. The van der Waals surface area contributed by atoms with E-state index >= 15 is 0 Å². The van der Waals surface area contributed by atoms with E-state index < -0.39 is 17.7 Å². The van der Waals surface area contributed by atoms with Crippen LogP contribution in [-0.2, 0) is 0 Å². The zero-order valence-electron chi connectivity index (χ0n) is 12.5. The maximum absolute atomic E-state index is 13.1. The zero-order chi connectivity index (χ0) is 15.1. The summed E-state index contributed by atoms with van der Waals surface area (Å²) < 4.78 is 25.9. The molecule has 0 bridgehead atoms. The molecule has 1 aromatic rings. The summed E-state index contributed by atoms with van der Waals surface area (Å²) in [4.78, 5) is 0. The average molecular weight is 283 g/mol. The number of hydrogen-bond acceptors (Lipinski definition) is 2. The van der Waals surface area contributed by atoms with Crippen LogP contribution in [0, 0.1) is 28.4 Å². The largest absolute Gasteiger partial charge is 0.387 e. The average Bonchev–Trinajstić information content (AvgIpc) is 2.74. The summed E-state index contributed by atoms with van der Waals surface area (Å²) >= 11 is 0. The van der Waals surface area contributed by atoms with Gasteiger partial charge in [-0.2, -0.15) is 0 Å². The fraction of sp³-hybridized carbons (Fsp3) is 0.625. The van der Waals surface area contributed by atoms with Gasteiger partial charge in [0.1, 0.15) is 0 Å². The number of halogens is 2. The van der Waals surface area contributed by atoms with Gasteiger partial charge in [0.05, 0.1) is 6.10 Å². The minimum Gasteiger partial charge on any atom is -0.387 e. The molecule has 1 saturated carbocycles. The molecule has 0 amide bonds. The van der Waals surface area contributed by atoms with Crippen molar-refractivity contribution >= 4 is 0 Å². The van der Waals surface area contributed by atoms with E-state index in [9.17, 15) is 13.9 Å². The quantitative estimate of drug-likeness (QED) is 0.869. The molecule has 1 atom stereocenters. The van der Waals surface area contributed by atoms with E-state index in [1.165, 1.54) is 6.07 Å². The molecule has 2 rings (SSSR count). The normalized spacial score (nSPS) is 21.8. The predicted molar refractivity (Wildman–Crippen MR) is 75.2 cm³/mol. The Bertz CT molecular complexity index is 485. The van der Waals surface area contributed by atoms with Crippen LogP contribution in [0.2, 0.25) is 0 Å². The van der Waals surface area contributed by atoms with Gasteiger partial charge in [-0.05, 0) is 41.0 Å². The van der Waals surface area contributed by atoms with E-state index in [1.807, 2.05) is 0 Å². The molecule has 1 aromatic carbocycles. The summed E-state index contributed by atoms with van der Waals surface area (Å²) in [5.41, 5.74) is 0.991. The lowest BCUT2D eigenvalue weighted by molar-refractivity contribution is 0.173. The number of nitrogens with one attached hydrogen (secondary N) is 1. The third-order valence-electron chi connectivity index (χ3n) is 5.33. The highest BCUT2D eigenvalue weighted by molar-refractivity contribution is 5.20. The number of aliphatic hydroxyl groups is 1. The smallest absolute Gasteiger partial charge is 0.159 e. The summed E-state index contributed by atoms with van der Waals surface area (Å²) in [7, 11) is 0. The van der Waals surface area contributed by atoms with Crippen molar-refractivity contribution in [2.75, 3.05) is 13.1 Å². The Labute approximate surface area is 119 Å². The van der Waals surface area contributed by atoms with Crippen LogP contribution in [0.1, 0.15) is 39.4 Å². The molecular formula is C16H23F2NO. The van der Waals surface area contributed by atoms with E-state index in [0.717, 1.165) is 18.7 Å². The van der Waals surface area contributed by atoms with Crippen LogP contribution in [0.3, 0.4) is 0 Å². The summed E-state index contributed by atoms with van der Waals surface area (Å²) in [6, 6.07) is 3.50. The molecule has 1 aliphatic carbocycles. The monoisotopic (exact) mass is 283 g/mol. The summed E-state index contributed by atoms with van der Waals surface area (Å²) in [6.45, 7) is 10.1. The first-order valence-corrected chi connectivity index (χ1v) is 7.01. The number of aliphatic hydroxyl groups excluding tert-OH is 1. The lowest BCUT2D eigenvalue weighted by Crippen LogP contribution is -2.25. The Hall–Kier alpha value is -1.00. The first-order valence-electron chi connectivity index (χ1n) is 7.01. The van der Waals surface area contributed by atoms with Gasteiger partial charge in [-0.1, -0.05) is 33.8 Å². The third-order valence-corrected chi connectivity index (χ3v) is 5.33. The Morgan fingerprint density at radius 2 is 1.75 bits per heavy atom. The van der Waals surface area contributed by atoms with Crippen molar-refractivity contribution in [1.82, 2.24) is 5.32 Å². The highest BCUT2D eigenvalue weighted by atomic mass is 19.2. The van der Waals surface area contributed by atoms with Gasteiger partial charge in [-0.25, -0.2) is 8.78 Å². The van der Waals surface area contributed by atoms with Crippen LogP contribution in [0.5, 0.6) is 0 Å². The second-order valence-corrected chi connectivity index (χ2v) is 6.84. The topological polar surface area (TPSA) is 32.3 Å². The predicted octanol–water partition coefficient (Wildman–Crippen LogP) is 3.27. The van der Waals surface area contributed by atoms with Crippen molar-refractivity contribution in [3.8, 4) is 0 Å². The Morgan fingerprint density at radius 1 is 1.15 bits per heavy atom. The van der Waals surface area contributed by atoms with Gasteiger partial charge in [0, 0.05) is 6.54 Å². The molecule has 1 aliphatic rings. The lowest BCUT2D eigenvalue weighted by Gasteiger charge is -2.13. The van der Waals surface area contributed by atoms with E-state index in [4.69, 9.17) is 0 Å². The van der Waals surface area contributed by atoms with Crippen molar-refractivity contribution in [2.24, 2.45) is 16.7 Å². The van der Waals surface area contributed by atoms with Gasteiger partial charge in [0.2, 0.25) is 0 Å². The second-order valence-electron chi connectivity index (χ2n) is 6.84. The highest BCUT2D eigenvalue weighted by Gasteiger charge is 2.63. The van der Waals surface area contributed by atoms with Crippen molar-refractivity contribution < 1.29 is 13.9 Å². The van der Waals surface area contributed by atoms with Gasteiger partial charge >= 0.3 is 0 Å². The highest BCUT2D eigenvalue weighted by Crippen LogP contribution is 2.67. The molecule has 2 nitrogen and oxygen atoms in total. The van der Waals surface area contributed by atoms with Crippen molar-refractivity contribution in [3.63, 3.8) is 0 Å². The molecule has 0 aliphatic heterocycles. The maximum atomic E-state index is 13.1. The van der Waals surface area contributed by atoms with Crippen LogP contribution >= 0.6 is 0 Å². The lowest BCUT2D eigenvalue weighted by atomic mass is 10.0. The van der Waals surface area contributed by atoms with Crippen LogP contribution in [0.4, 0.5) is 8.78 Å². The molecule has 0 aromatic heterocycles. The minimum atomic E-state index is -0.925. The Morgan fingerprint density at radius 3 is 2.25 bits per heavy atom. The number of benzene rings is 1. The minimum absolute atomic E-state index is 0.299. The number of rotatable bonds is 5. The molecule has 0 heterocycles. The molecule has 0 saturated heterocycles. The molecule has 4 heteroatoms. The van der Waals surface area contributed by atoms with E-state index in [-0.39, 0.29) is 0 Å². The molecule has 2 N–H and O–H groups in total. The van der Waals surface area contributed by atoms with Gasteiger partial charge in [0.15, 0.2) is 11.6 Å². The fourth-order valence-corrected chi connectivity index (χ4v) is 3.05.